The van der Waals surface area contributed by atoms with Crippen molar-refractivity contribution in [3.05, 3.63) is 79.1 Å². The zero-order valence-corrected chi connectivity index (χ0v) is 18.0. The molecule has 6 nitrogen and oxygen atoms in total. The molecule has 0 bridgehead atoms. The highest BCUT2D eigenvalue weighted by Gasteiger charge is 2.21. The zero-order chi connectivity index (χ0) is 21.5. The Morgan fingerprint density at radius 2 is 1.56 bits per heavy atom. The molecule has 3 aromatic heterocycles. The number of hydrogen-bond donors (Lipinski definition) is 0. The number of fused-ring (bicyclic) bond motifs is 2. The van der Waals surface area contributed by atoms with E-state index in [9.17, 15) is 0 Å². The molecule has 1 saturated heterocycles. The van der Waals surface area contributed by atoms with E-state index in [0.717, 1.165) is 60.2 Å². The van der Waals surface area contributed by atoms with Crippen molar-refractivity contribution < 1.29 is 0 Å². The highest BCUT2D eigenvalue weighted by Crippen LogP contribution is 2.36. The number of rotatable bonds is 3. The quantitative estimate of drug-likeness (QED) is 0.434. The Kier molecular flexibility index (Phi) is 4.58. The molecule has 0 atom stereocenters. The molecule has 6 heteroatoms. The number of anilines is 1. The van der Waals surface area contributed by atoms with Gasteiger partial charge in [0.15, 0.2) is 5.65 Å². The van der Waals surface area contributed by atoms with Crippen LogP contribution in [0.4, 0.5) is 5.82 Å². The van der Waals surface area contributed by atoms with Crippen LogP contribution >= 0.6 is 0 Å². The second kappa shape index (κ2) is 7.73. The van der Waals surface area contributed by atoms with E-state index < -0.39 is 0 Å². The SMILES string of the molecule is CN1CCN(c2ccc3nc(-c4cccc5ccccc45)c(-c4ccncc4)n3n2)CC1. The molecule has 6 rings (SSSR count). The number of piperazine rings is 1. The lowest BCUT2D eigenvalue weighted by Gasteiger charge is -2.33. The molecule has 4 heterocycles. The van der Waals surface area contributed by atoms with E-state index >= 15 is 0 Å². The Bertz CT molecular complexity index is 1400. The van der Waals surface area contributed by atoms with Crippen LogP contribution in [0.5, 0.6) is 0 Å². The van der Waals surface area contributed by atoms with Crippen LogP contribution in [-0.4, -0.2) is 57.7 Å². The third-order valence-corrected chi connectivity index (χ3v) is 6.29. The number of imidazole rings is 1. The van der Waals surface area contributed by atoms with Gasteiger partial charge in [-0.2, -0.15) is 0 Å². The minimum absolute atomic E-state index is 0.845. The van der Waals surface area contributed by atoms with Gasteiger partial charge in [0, 0.05) is 49.7 Å². The van der Waals surface area contributed by atoms with Crippen LogP contribution in [0.25, 0.3) is 38.9 Å². The number of pyridine rings is 1. The standard InChI is InChI=1S/C26H24N6/c1-30-15-17-31(18-16-30)24-10-9-23-28-25(22-8-4-6-19-5-2-3-7-21(19)22)26(32(23)29-24)20-11-13-27-14-12-20/h2-14H,15-18H2,1H3. The van der Waals surface area contributed by atoms with Gasteiger partial charge < -0.3 is 9.80 Å². The van der Waals surface area contributed by atoms with E-state index in [1.807, 2.05) is 29.0 Å². The summed E-state index contributed by atoms with van der Waals surface area (Å²) in [6, 6.07) is 23.1. The maximum atomic E-state index is 5.07. The van der Waals surface area contributed by atoms with Crippen molar-refractivity contribution in [2.24, 2.45) is 0 Å². The second-order valence-electron chi connectivity index (χ2n) is 8.32. The van der Waals surface area contributed by atoms with Gasteiger partial charge in [-0.15, -0.1) is 5.10 Å². The summed E-state index contributed by atoms with van der Waals surface area (Å²) in [7, 11) is 2.17. The van der Waals surface area contributed by atoms with E-state index in [4.69, 9.17) is 10.1 Å². The normalized spacial score (nSPS) is 15.0. The van der Waals surface area contributed by atoms with Crippen molar-refractivity contribution in [3.63, 3.8) is 0 Å². The lowest BCUT2D eigenvalue weighted by Crippen LogP contribution is -2.44. The number of nitrogens with zero attached hydrogens (tertiary/aromatic N) is 6. The van der Waals surface area contributed by atoms with Crippen LogP contribution < -0.4 is 4.90 Å². The first kappa shape index (κ1) is 19.0. The average Bonchev–Trinajstić information content (AvgIpc) is 3.23. The molecular formula is C26H24N6. The molecule has 0 unspecified atom stereocenters. The summed E-state index contributed by atoms with van der Waals surface area (Å²) < 4.78 is 2.00. The molecule has 1 aliphatic rings. The third-order valence-electron chi connectivity index (χ3n) is 6.29. The molecule has 158 valence electrons. The molecule has 2 aromatic carbocycles. The van der Waals surface area contributed by atoms with Gasteiger partial charge in [-0.3, -0.25) is 4.98 Å². The monoisotopic (exact) mass is 420 g/mol. The Morgan fingerprint density at radius 1 is 0.781 bits per heavy atom. The van der Waals surface area contributed by atoms with Crippen LogP contribution in [0, 0.1) is 0 Å². The maximum Gasteiger partial charge on any atom is 0.155 e. The van der Waals surface area contributed by atoms with Crippen LogP contribution in [0.3, 0.4) is 0 Å². The van der Waals surface area contributed by atoms with Crippen molar-refractivity contribution in [1.82, 2.24) is 24.5 Å². The molecule has 0 N–H and O–H groups in total. The highest BCUT2D eigenvalue weighted by atomic mass is 15.4. The summed E-state index contributed by atoms with van der Waals surface area (Å²) in [6.45, 7) is 4.04. The zero-order valence-electron chi connectivity index (χ0n) is 18.0. The highest BCUT2D eigenvalue weighted by molar-refractivity contribution is 5.99. The van der Waals surface area contributed by atoms with Crippen molar-refractivity contribution in [2.45, 2.75) is 0 Å². The fourth-order valence-corrected chi connectivity index (χ4v) is 4.52. The first-order valence-electron chi connectivity index (χ1n) is 11.0. The predicted molar refractivity (Wildman–Crippen MR) is 129 cm³/mol. The van der Waals surface area contributed by atoms with Gasteiger partial charge in [0.2, 0.25) is 0 Å². The van der Waals surface area contributed by atoms with E-state index in [0.29, 0.717) is 0 Å². The van der Waals surface area contributed by atoms with Gasteiger partial charge >= 0.3 is 0 Å². The van der Waals surface area contributed by atoms with Gasteiger partial charge in [0.05, 0.1) is 5.69 Å². The minimum atomic E-state index is 0.845. The van der Waals surface area contributed by atoms with Crippen molar-refractivity contribution in [1.29, 1.82) is 0 Å². The lowest BCUT2D eigenvalue weighted by atomic mass is 9.99. The molecule has 0 amide bonds. The van der Waals surface area contributed by atoms with Crippen molar-refractivity contribution in [2.75, 3.05) is 38.1 Å². The summed E-state index contributed by atoms with van der Waals surface area (Å²) in [5.41, 5.74) is 4.95. The number of aromatic nitrogens is 4. The molecule has 1 fully saturated rings. The molecule has 0 saturated carbocycles. The smallest absolute Gasteiger partial charge is 0.155 e. The maximum absolute atomic E-state index is 5.07. The van der Waals surface area contributed by atoms with Gasteiger partial charge in [0.1, 0.15) is 11.5 Å². The van der Waals surface area contributed by atoms with Crippen molar-refractivity contribution >= 4 is 22.2 Å². The molecule has 0 spiro atoms. The van der Waals surface area contributed by atoms with Gasteiger partial charge in [-0.05, 0) is 42.1 Å². The number of hydrogen-bond acceptors (Lipinski definition) is 5. The summed E-state index contributed by atoms with van der Waals surface area (Å²) in [4.78, 5) is 14.0. The third kappa shape index (κ3) is 3.20. The molecular weight excluding hydrogens is 396 g/mol. The van der Waals surface area contributed by atoms with Crippen LogP contribution in [0.2, 0.25) is 0 Å². The summed E-state index contributed by atoms with van der Waals surface area (Å²) in [5.74, 6) is 0.989. The van der Waals surface area contributed by atoms with Crippen LogP contribution in [-0.2, 0) is 0 Å². The van der Waals surface area contributed by atoms with Gasteiger partial charge in [-0.1, -0.05) is 42.5 Å². The largest absolute Gasteiger partial charge is 0.353 e. The molecule has 0 radical (unpaired) electrons. The Morgan fingerprint density at radius 3 is 2.41 bits per heavy atom. The summed E-state index contributed by atoms with van der Waals surface area (Å²) >= 11 is 0. The Labute approximate surface area is 186 Å². The fraction of sp³-hybridized carbons (Fsp3) is 0.192. The van der Waals surface area contributed by atoms with E-state index in [1.165, 1.54) is 10.8 Å². The predicted octanol–water partition coefficient (Wildman–Crippen LogP) is 4.36. The van der Waals surface area contributed by atoms with E-state index in [2.05, 4.69) is 76.4 Å². The van der Waals surface area contributed by atoms with E-state index in [1.54, 1.807) is 0 Å². The van der Waals surface area contributed by atoms with Gasteiger partial charge in [0.25, 0.3) is 0 Å². The lowest BCUT2D eigenvalue weighted by molar-refractivity contribution is 0.311. The van der Waals surface area contributed by atoms with E-state index in [-0.39, 0.29) is 0 Å². The molecule has 0 aliphatic carbocycles. The molecule has 5 aromatic rings. The Hall–Kier alpha value is -3.77. The first-order chi connectivity index (χ1) is 15.8. The average molecular weight is 421 g/mol. The number of likely N-dealkylation sites (N-methyl/N-ethyl adjacent to an activating group) is 1. The second-order valence-corrected chi connectivity index (χ2v) is 8.32. The van der Waals surface area contributed by atoms with Crippen molar-refractivity contribution in [3.8, 4) is 22.5 Å². The summed E-state index contributed by atoms with van der Waals surface area (Å²) in [6.07, 6.45) is 3.65. The fourth-order valence-electron chi connectivity index (χ4n) is 4.52. The Balaban J connectivity index is 1.59. The molecule has 1 aliphatic heterocycles. The molecule has 32 heavy (non-hydrogen) atoms. The first-order valence-corrected chi connectivity index (χ1v) is 11.0. The minimum Gasteiger partial charge on any atom is -0.353 e. The number of benzene rings is 2. The topological polar surface area (TPSA) is 49.6 Å². The van der Waals surface area contributed by atoms with Crippen LogP contribution in [0.15, 0.2) is 79.1 Å². The van der Waals surface area contributed by atoms with Gasteiger partial charge in [-0.25, -0.2) is 9.50 Å². The van der Waals surface area contributed by atoms with Crippen LogP contribution in [0.1, 0.15) is 0 Å². The summed E-state index contributed by atoms with van der Waals surface area (Å²) in [5, 5.41) is 7.46.